The number of esters is 1. The van der Waals surface area contributed by atoms with Crippen LogP contribution in [-0.2, 0) is 19.1 Å². The zero-order chi connectivity index (χ0) is 23.6. The molecule has 3 N–H and O–H groups in total. The lowest BCUT2D eigenvalue weighted by molar-refractivity contribution is -0.145. The van der Waals surface area contributed by atoms with E-state index in [0.29, 0.717) is 24.2 Å². The van der Waals surface area contributed by atoms with Crippen LogP contribution in [0.4, 0.5) is 0 Å². The fourth-order valence-electron chi connectivity index (χ4n) is 2.98. The Balaban J connectivity index is 2.89. The maximum atomic E-state index is 12.8. The third kappa shape index (κ3) is 9.11. The molecular formula is C23H34N2O6. The normalized spacial score (nSPS) is 13.2. The van der Waals surface area contributed by atoms with Gasteiger partial charge in [-0.3, -0.25) is 9.59 Å². The van der Waals surface area contributed by atoms with Crippen LogP contribution in [0.15, 0.2) is 24.3 Å². The van der Waals surface area contributed by atoms with Crippen molar-refractivity contribution in [3.8, 4) is 11.5 Å². The van der Waals surface area contributed by atoms with E-state index >= 15 is 0 Å². The van der Waals surface area contributed by atoms with Gasteiger partial charge in [0.1, 0.15) is 23.6 Å². The van der Waals surface area contributed by atoms with E-state index in [9.17, 15) is 19.5 Å². The molecule has 0 fully saturated rings. The maximum absolute atomic E-state index is 12.8. The number of hydrogen-bond acceptors (Lipinski definition) is 6. The minimum Gasteiger partial charge on any atom is -0.507 e. The van der Waals surface area contributed by atoms with Crippen LogP contribution < -0.4 is 15.4 Å². The molecule has 2 amide bonds. The number of ether oxygens (including phenoxy) is 2. The van der Waals surface area contributed by atoms with Crippen LogP contribution in [0.5, 0.6) is 11.5 Å². The van der Waals surface area contributed by atoms with E-state index in [-0.39, 0.29) is 17.6 Å². The lowest BCUT2D eigenvalue weighted by atomic mass is 10.0. The van der Waals surface area contributed by atoms with E-state index in [1.807, 2.05) is 27.7 Å². The van der Waals surface area contributed by atoms with Crippen molar-refractivity contribution >= 4 is 23.9 Å². The molecule has 8 heteroatoms. The highest BCUT2D eigenvalue weighted by Crippen LogP contribution is 2.24. The standard InChI is InChI=1S/C23H34N2O6/c1-14(2)11-18(22(28)25-19(12-15(3)4)23(29)31-6)24-21(27)10-8-16-7-9-17(30-5)13-20(16)26/h7-10,13-15,18-19,26H,11-12H2,1-6H3,(H,24,27)(H,25,28)/b10-8+/t18-,19-/m0/s1. The molecule has 2 atom stereocenters. The van der Waals surface area contributed by atoms with Gasteiger partial charge in [0.05, 0.1) is 14.2 Å². The van der Waals surface area contributed by atoms with Gasteiger partial charge in [0.25, 0.3) is 0 Å². The number of amides is 2. The van der Waals surface area contributed by atoms with Gasteiger partial charge in [-0.2, -0.15) is 0 Å². The summed E-state index contributed by atoms with van der Waals surface area (Å²) in [5.74, 6) is -0.696. The summed E-state index contributed by atoms with van der Waals surface area (Å²) < 4.78 is 9.82. The Morgan fingerprint density at radius 2 is 1.61 bits per heavy atom. The predicted octanol–water partition coefficient (Wildman–Crippen LogP) is 2.65. The fraction of sp³-hybridized carbons (Fsp3) is 0.522. The number of nitrogens with one attached hydrogen (secondary N) is 2. The summed E-state index contributed by atoms with van der Waals surface area (Å²) >= 11 is 0. The summed E-state index contributed by atoms with van der Waals surface area (Å²) in [6.07, 6.45) is 3.52. The smallest absolute Gasteiger partial charge is 0.328 e. The molecule has 0 aliphatic carbocycles. The molecule has 1 aromatic rings. The van der Waals surface area contributed by atoms with Crippen LogP contribution in [-0.4, -0.2) is 49.2 Å². The monoisotopic (exact) mass is 434 g/mol. The van der Waals surface area contributed by atoms with Gasteiger partial charge in [-0.1, -0.05) is 27.7 Å². The zero-order valence-corrected chi connectivity index (χ0v) is 19.1. The molecule has 0 saturated heterocycles. The molecule has 1 rings (SSSR count). The first kappa shape index (κ1) is 26.0. The van der Waals surface area contributed by atoms with Crippen molar-refractivity contribution in [3.05, 3.63) is 29.8 Å². The molecule has 0 bridgehead atoms. The van der Waals surface area contributed by atoms with Gasteiger partial charge < -0.3 is 25.2 Å². The van der Waals surface area contributed by atoms with Crippen molar-refractivity contribution in [2.45, 2.75) is 52.6 Å². The van der Waals surface area contributed by atoms with Gasteiger partial charge in [-0.05, 0) is 42.9 Å². The van der Waals surface area contributed by atoms with Gasteiger partial charge in [0, 0.05) is 17.7 Å². The Kier molecular flexibility index (Phi) is 10.6. The summed E-state index contributed by atoms with van der Waals surface area (Å²) in [4.78, 5) is 37.3. The number of benzene rings is 1. The van der Waals surface area contributed by atoms with Crippen molar-refractivity contribution < 1.29 is 29.0 Å². The fourth-order valence-corrected chi connectivity index (χ4v) is 2.98. The number of rotatable bonds is 11. The Bertz CT molecular complexity index is 788. The number of aromatic hydroxyl groups is 1. The van der Waals surface area contributed by atoms with Crippen LogP contribution in [0.3, 0.4) is 0 Å². The number of carbonyl (C=O) groups is 3. The average molecular weight is 435 g/mol. The van der Waals surface area contributed by atoms with Gasteiger partial charge in [-0.25, -0.2) is 4.79 Å². The van der Waals surface area contributed by atoms with E-state index in [2.05, 4.69) is 10.6 Å². The minimum absolute atomic E-state index is 0.0329. The summed E-state index contributed by atoms with van der Waals surface area (Å²) in [5, 5.41) is 15.4. The molecule has 0 aliphatic rings. The third-order valence-corrected chi connectivity index (χ3v) is 4.50. The van der Waals surface area contributed by atoms with Crippen molar-refractivity contribution in [2.24, 2.45) is 11.8 Å². The van der Waals surface area contributed by atoms with Crippen LogP contribution in [0.2, 0.25) is 0 Å². The van der Waals surface area contributed by atoms with Crippen LogP contribution in [0.25, 0.3) is 6.08 Å². The maximum Gasteiger partial charge on any atom is 0.328 e. The topological polar surface area (TPSA) is 114 Å². The van der Waals surface area contributed by atoms with E-state index in [1.54, 1.807) is 12.1 Å². The quantitative estimate of drug-likeness (QED) is 0.364. The highest BCUT2D eigenvalue weighted by atomic mass is 16.5. The van der Waals surface area contributed by atoms with Gasteiger partial charge in [0.2, 0.25) is 11.8 Å². The molecule has 1 aromatic carbocycles. The lowest BCUT2D eigenvalue weighted by Gasteiger charge is -2.24. The third-order valence-electron chi connectivity index (χ3n) is 4.50. The van der Waals surface area contributed by atoms with Crippen molar-refractivity contribution in [2.75, 3.05) is 14.2 Å². The summed E-state index contributed by atoms with van der Waals surface area (Å²) in [6, 6.07) is 3.11. The number of carbonyl (C=O) groups excluding carboxylic acids is 3. The lowest BCUT2D eigenvalue weighted by Crippen LogP contribution is -2.52. The minimum atomic E-state index is -0.819. The Hall–Kier alpha value is -3.03. The first-order valence-electron chi connectivity index (χ1n) is 10.3. The summed E-state index contributed by atoms with van der Waals surface area (Å²) in [5.41, 5.74) is 0.434. The van der Waals surface area contributed by atoms with Crippen molar-refractivity contribution in [1.82, 2.24) is 10.6 Å². The molecule has 0 aliphatic heterocycles. The van der Waals surface area contributed by atoms with E-state index in [1.165, 1.54) is 32.4 Å². The second-order valence-corrected chi connectivity index (χ2v) is 8.16. The first-order valence-corrected chi connectivity index (χ1v) is 10.3. The molecule has 172 valence electrons. The molecule has 0 aromatic heterocycles. The molecule has 8 nitrogen and oxygen atoms in total. The number of phenolic OH excluding ortho intramolecular Hbond substituents is 1. The summed E-state index contributed by atoms with van der Waals surface area (Å²) in [6.45, 7) is 7.75. The SMILES string of the molecule is COC(=O)[C@H](CC(C)C)NC(=O)[C@H](CC(C)C)NC(=O)/C=C/c1ccc(OC)cc1O. The van der Waals surface area contributed by atoms with Crippen LogP contribution >= 0.6 is 0 Å². The van der Waals surface area contributed by atoms with E-state index in [0.717, 1.165) is 0 Å². The summed E-state index contributed by atoms with van der Waals surface area (Å²) in [7, 11) is 2.76. The van der Waals surface area contributed by atoms with E-state index in [4.69, 9.17) is 9.47 Å². The molecule has 31 heavy (non-hydrogen) atoms. The largest absolute Gasteiger partial charge is 0.507 e. The van der Waals surface area contributed by atoms with Crippen LogP contribution in [0, 0.1) is 11.8 Å². The van der Waals surface area contributed by atoms with Gasteiger partial charge >= 0.3 is 5.97 Å². The van der Waals surface area contributed by atoms with Gasteiger partial charge in [0.15, 0.2) is 0 Å². The molecule has 0 heterocycles. The molecule has 0 radical (unpaired) electrons. The second-order valence-electron chi connectivity index (χ2n) is 8.16. The number of phenols is 1. The van der Waals surface area contributed by atoms with Crippen molar-refractivity contribution in [1.29, 1.82) is 0 Å². The number of hydrogen-bond donors (Lipinski definition) is 3. The zero-order valence-electron chi connectivity index (χ0n) is 19.1. The molecule has 0 saturated carbocycles. The highest BCUT2D eigenvalue weighted by molar-refractivity contribution is 5.96. The first-order chi connectivity index (χ1) is 14.6. The van der Waals surface area contributed by atoms with Gasteiger partial charge in [-0.15, -0.1) is 0 Å². The molecule has 0 spiro atoms. The van der Waals surface area contributed by atoms with Crippen LogP contribution in [0.1, 0.15) is 46.1 Å². The predicted molar refractivity (Wildman–Crippen MR) is 118 cm³/mol. The average Bonchev–Trinajstić information content (AvgIpc) is 2.70. The highest BCUT2D eigenvalue weighted by Gasteiger charge is 2.28. The molecular weight excluding hydrogens is 400 g/mol. The Morgan fingerprint density at radius 3 is 2.13 bits per heavy atom. The number of methoxy groups -OCH3 is 2. The van der Waals surface area contributed by atoms with Crippen molar-refractivity contribution in [3.63, 3.8) is 0 Å². The Morgan fingerprint density at radius 1 is 1.00 bits per heavy atom. The van der Waals surface area contributed by atoms with E-state index < -0.39 is 29.9 Å². The Labute approximate surface area is 184 Å². The second kappa shape index (κ2) is 12.6. The molecule has 0 unspecified atom stereocenters.